The lowest BCUT2D eigenvalue weighted by Gasteiger charge is -2.12. The van der Waals surface area contributed by atoms with Gasteiger partial charge in [-0.1, -0.05) is 6.34 Å². The minimum atomic E-state index is 1.44. The van der Waals surface area contributed by atoms with Crippen molar-refractivity contribution in [3.8, 4) is 0 Å². The smallest absolute Gasteiger partial charge is 0.0217 e. The molecule has 0 aromatic carbocycles. The van der Waals surface area contributed by atoms with Gasteiger partial charge in [0.25, 0.3) is 0 Å². The van der Waals surface area contributed by atoms with Gasteiger partial charge >= 0.3 is 0 Å². The maximum atomic E-state index is 3.67. The monoisotopic (exact) mass is 85.1 g/mol. The van der Waals surface area contributed by atoms with Gasteiger partial charge in [-0.05, 0) is 0 Å². The van der Waals surface area contributed by atoms with E-state index < -0.39 is 0 Å². The second-order valence-electron chi connectivity index (χ2n) is 0.984. The molecule has 0 aliphatic carbocycles. The molecule has 1 aliphatic heterocycles. The summed E-state index contributed by atoms with van der Waals surface area (Å²) in [6.07, 6.45) is 1.44. The minimum Gasteiger partial charge on any atom is -0.389 e. The van der Waals surface area contributed by atoms with Crippen LogP contribution < -0.4 is 5.53 Å². The third kappa shape index (κ3) is 0.414. The summed E-state index contributed by atoms with van der Waals surface area (Å²) in [6.45, 7) is 0. The third-order valence-corrected chi connectivity index (χ3v) is 0.485. The van der Waals surface area contributed by atoms with Crippen LogP contribution in [0.15, 0.2) is 5.10 Å². The Morgan fingerprint density at radius 2 is 2.83 bits per heavy atom. The number of nitrogens with one attached hydrogen (secondary N) is 1. The molecule has 1 heterocycles. The molecule has 0 radical (unpaired) electrons. The van der Waals surface area contributed by atoms with Crippen LogP contribution in [0.25, 0.3) is 5.43 Å². The highest BCUT2D eigenvalue weighted by atomic mass is 15.8. The Hall–Kier alpha value is -0.770. The number of nitrogens with zero attached hydrogens (tertiary/aromatic N) is 3. The van der Waals surface area contributed by atoms with Gasteiger partial charge in [-0.25, -0.2) is 5.53 Å². The van der Waals surface area contributed by atoms with E-state index in [-0.39, 0.29) is 0 Å². The standard InChI is InChI=1S/C2H5N4/c1-6-4-2-3-5-6/h2,5H,1H3/q-1. The Kier molecular flexibility index (Phi) is 0.648. The van der Waals surface area contributed by atoms with Crippen molar-refractivity contribution in [2.24, 2.45) is 5.10 Å². The molecular weight excluding hydrogens is 80.1 g/mol. The van der Waals surface area contributed by atoms with Gasteiger partial charge in [-0.2, -0.15) is 0 Å². The number of hydrogen-bond acceptors (Lipinski definition) is 3. The zero-order valence-electron chi connectivity index (χ0n) is 3.42. The van der Waals surface area contributed by atoms with Gasteiger partial charge in [0.15, 0.2) is 0 Å². The molecule has 1 N–H and O–H groups in total. The Balaban J connectivity index is 2.38. The number of hydrogen-bond donors (Lipinski definition) is 1. The average Bonchev–Trinajstić information content (AvgIpc) is 1.86. The van der Waals surface area contributed by atoms with Gasteiger partial charge in [0.05, 0.1) is 0 Å². The fraction of sp³-hybridized carbons (Fsp3) is 0.500. The highest BCUT2D eigenvalue weighted by Gasteiger charge is 1.77. The van der Waals surface area contributed by atoms with Crippen molar-refractivity contribution in [2.45, 2.75) is 0 Å². The number of hydrazone groups is 1. The second kappa shape index (κ2) is 1.14. The Bertz CT molecular complexity index is 67.9. The molecule has 4 heteroatoms. The molecule has 0 fully saturated rings. The van der Waals surface area contributed by atoms with E-state index in [1.807, 2.05) is 0 Å². The van der Waals surface area contributed by atoms with E-state index in [0.717, 1.165) is 0 Å². The number of rotatable bonds is 0. The third-order valence-electron chi connectivity index (χ3n) is 0.485. The fourth-order valence-electron chi connectivity index (χ4n) is 0.238. The van der Waals surface area contributed by atoms with E-state index in [1.165, 1.54) is 11.5 Å². The second-order valence-corrected chi connectivity index (χ2v) is 0.984. The number of hydrazine groups is 1. The quantitative estimate of drug-likeness (QED) is 0.437. The van der Waals surface area contributed by atoms with Gasteiger partial charge in [0.2, 0.25) is 0 Å². The molecule has 0 atom stereocenters. The Morgan fingerprint density at radius 3 is 3.00 bits per heavy atom. The molecule has 0 spiro atoms. The molecule has 0 aromatic heterocycles. The molecule has 0 saturated heterocycles. The van der Waals surface area contributed by atoms with Crippen molar-refractivity contribution in [2.75, 3.05) is 7.05 Å². The van der Waals surface area contributed by atoms with Crippen LogP contribution in [-0.4, -0.2) is 18.5 Å². The highest BCUT2D eigenvalue weighted by Crippen LogP contribution is 1.86. The van der Waals surface area contributed by atoms with Crippen molar-refractivity contribution in [3.63, 3.8) is 0 Å². The summed E-state index contributed by atoms with van der Waals surface area (Å²) in [7, 11) is 1.77. The van der Waals surface area contributed by atoms with E-state index in [4.69, 9.17) is 0 Å². The maximum absolute atomic E-state index is 3.67. The van der Waals surface area contributed by atoms with Gasteiger partial charge in [0.1, 0.15) is 0 Å². The molecular formula is C2H5N4-. The van der Waals surface area contributed by atoms with Crippen molar-refractivity contribution in [1.82, 2.24) is 10.7 Å². The molecule has 1 rings (SSSR count). The zero-order valence-corrected chi connectivity index (χ0v) is 3.42. The normalized spacial score (nSPS) is 18.5. The lowest BCUT2D eigenvalue weighted by molar-refractivity contribution is 0.307. The summed E-state index contributed by atoms with van der Waals surface area (Å²) >= 11 is 0. The van der Waals surface area contributed by atoms with E-state index >= 15 is 0 Å². The summed E-state index contributed by atoms with van der Waals surface area (Å²) in [4.78, 5) is 0. The molecule has 4 nitrogen and oxygen atoms in total. The lowest BCUT2D eigenvalue weighted by atomic mass is 11.4. The average molecular weight is 85.1 g/mol. The predicted molar refractivity (Wildman–Crippen MR) is 22.7 cm³/mol. The van der Waals surface area contributed by atoms with Crippen molar-refractivity contribution < 1.29 is 0 Å². The lowest BCUT2D eigenvalue weighted by Crippen LogP contribution is -2.18. The van der Waals surface area contributed by atoms with Crippen LogP contribution in [0.2, 0.25) is 0 Å². The van der Waals surface area contributed by atoms with Crippen LogP contribution in [-0.2, 0) is 0 Å². The van der Waals surface area contributed by atoms with Crippen LogP contribution in [0.1, 0.15) is 0 Å². The van der Waals surface area contributed by atoms with E-state index in [2.05, 4.69) is 16.1 Å². The molecule has 0 aromatic rings. The molecule has 0 unspecified atom stereocenters. The first-order valence-corrected chi connectivity index (χ1v) is 1.61. The molecule has 0 amide bonds. The van der Waals surface area contributed by atoms with Crippen LogP contribution in [0, 0.1) is 0 Å². The van der Waals surface area contributed by atoms with Gasteiger partial charge in [-0.15, -0.1) is 0 Å². The summed E-state index contributed by atoms with van der Waals surface area (Å²) in [5, 5.41) is 5.18. The van der Waals surface area contributed by atoms with Gasteiger partial charge in [0, 0.05) is 7.05 Å². The summed E-state index contributed by atoms with van der Waals surface area (Å²) in [6, 6.07) is 0. The first-order valence-electron chi connectivity index (χ1n) is 1.61. The first-order chi connectivity index (χ1) is 2.89. The maximum Gasteiger partial charge on any atom is 0.0217 e. The summed E-state index contributed by atoms with van der Waals surface area (Å²) in [5.74, 6) is 0. The van der Waals surface area contributed by atoms with Crippen molar-refractivity contribution >= 4 is 6.34 Å². The van der Waals surface area contributed by atoms with Gasteiger partial charge in [-0.3, -0.25) is 0 Å². The molecule has 6 heavy (non-hydrogen) atoms. The largest absolute Gasteiger partial charge is 0.389 e. The zero-order chi connectivity index (χ0) is 4.41. The van der Waals surface area contributed by atoms with E-state index in [0.29, 0.717) is 0 Å². The first kappa shape index (κ1) is 3.42. The summed E-state index contributed by atoms with van der Waals surface area (Å²) < 4.78 is 0. The van der Waals surface area contributed by atoms with Crippen molar-refractivity contribution in [3.05, 3.63) is 5.43 Å². The van der Waals surface area contributed by atoms with E-state index in [9.17, 15) is 0 Å². The fourth-order valence-corrected chi connectivity index (χ4v) is 0.238. The molecule has 0 bridgehead atoms. The van der Waals surface area contributed by atoms with Crippen LogP contribution in [0.5, 0.6) is 0 Å². The summed E-state index contributed by atoms with van der Waals surface area (Å²) in [5.41, 5.74) is 6.10. The van der Waals surface area contributed by atoms with Crippen LogP contribution in [0.3, 0.4) is 0 Å². The van der Waals surface area contributed by atoms with Crippen molar-refractivity contribution in [1.29, 1.82) is 0 Å². The molecule has 34 valence electrons. The predicted octanol–water partition coefficient (Wildman–Crippen LogP) is -0.332. The van der Waals surface area contributed by atoms with Gasteiger partial charge < -0.3 is 15.6 Å². The minimum absolute atomic E-state index is 1.44. The highest BCUT2D eigenvalue weighted by molar-refractivity contribution is 5.69. The topological polar surface area (TPSA) is 41.7 Å². The SMILES string of the molecule is CN1N=C[N-]N1. The Labute approximate surface area is 35.8 Å². The van der Waals surface area contributed by atoms with Crippen LogP contribution >= 0.6 is 0 Å². The Morgan fingerprint density at radius 1 is 2.00 bits per heavy atom. The molecule has 0 saturated carbocycles. The van der Waals surface area contributed by atoms with Crippen LogP contribution in [0.4, 0.5) is 0 Å². The van der Waals surface area contributed by atoms with E-state index in [1.54, 1.807) is 7.05 Å². The molecule has 1 aliphatic rings.